The number of carbonyl (C=O) groups is 1. The molecular weight excluding hydrogens is 192 g/mol. The minimum Gasteiger partial charge on any atom is -0.447 e. The molecule has 1 heterocycles. The van der Waals surface area contributed by atoms with E-state index in [1.54, 1.807) is 0 Å². The molecule has 1 unspecified atom stereocenters. The van der Waals surface area contributed by atoms with Gasteiger partial charge in [-0.1, -0.05) is 0 Å². The van der Waals surface area contributed by atoms with Crippen molar-refractivity contribution in [1.29, 1.82) is 0 Å². The van der Waals surface area contributed by atoms with Crippen molar-refractivity contribution in [3.63, 3.8) is 0 Å². The second kappa shape index (κ2) is 5.35. The minimum absolute atomic E-state index is 0.0303. The summed E-state index contributed by atoms with van der Waals surface area (Å²) in [5.41, 5.74) is 0. The zero-order valence-electron chi connectivity index (χ0n) is 10.2. The summed E-state index contributed by atoms with van der Waals surface area (Å²) in [5, 5.41) is 0. The van der Waals surface area contributed by atoms with Crippen LogP contribution in [0.4, 0.5) is 4.79 Å². The van der Waals surface area contributed by atoms with Crippen LogP contribution in [0.15, 0.2) is 0 Å². The van der Waals surface area contributed by atoms with Crippen LogP contribution in [0.1, 0.15) is 26.7 Å². The lowest BCUT2D eigenvalue weighted by Crippen LogP contribution is -2.48. The molecule has 1 aliphatic rings. The zero-order valence-corrected chi connectivity index (χ0v) is 10.2. The van der Waals surface area contributed by atoms with E-state index >= 15 is 0 Å². The highest BCUT2D eigenvalue weighted by Gasteiger charge is 2.25. The summed E-state index contributed by atoms with van der Waals surface area (Å²) >= 11 is 0. The molecule has 0 radical (unpaired) electrons. The Balaban J connectivity index is 2.45. The first kappa shape index (κ1) is 12.3. The summed E-state index contributed by atoms with van der Waals surface area (Å²) in [6, 6.07) is 0.471. The van der Waals surface area contributed by atoms with Gasteiger partial charge in [0.15, 0.2) is 0 Å². The third-order valence-corrected chi connectivity index (χ3v) is 2.72. The normalized spacial score (nSPS) is 22.3. The van der Waals surface area contributed by atoms with Gasteiger partial charge in [0.05, 0.1) is 6.10 Å². The molecular formula is C11H22N2O2. The fraction of sp³-hybridized carbons (Fsp3) is 0.909. The van der Waals surface area contributed by atoms with Gasteiger partial charge in [-0.3, -0.25) is 0 Å². The van der Waals surface area contributed by atoms with Gasteiger partial charge < -0.3 is 14.5 Å². The SMILES string of the molecule is CC(C)OC(=O)N1CCCC(N(C)C)C1. The van der Waals surface area contributed by atoms with E-state index in [1.807, 2.05) is 18.7 Å². The van der Waals surface area contributed by atoms with Crippen LogP contribution in [0.2, 0.25) is 0 Å². The summed E-state index contributed by atoms with van der Waals surface area (Å²) in [6.07, 6.45) is 2.03. The molecule has 0 aromatic heterocycles. The van der Waals surface area contributed by atoms with Crippen molar-refractivity contribution in [3.8, 4) is 0 Å². The maximum absolute atomic E-state index is 11.7. The molecule has 4 nitrogen and oxygen atoms in total. The number of carbonyl (C=O) groups excluding carboxylic acids is 1. The molecule has 0 spiro atoms. The Kier molecular flexibility index (Phi) is 4.39. The van der Waals surface area contributed by atoms with Gasteiger partial charge in [-0.2, -0.15) is 0 Å². The van der Waals surface area contributed by atoms with Crippen molar-refractivity contribution in [2.45, 2.75) is 38.8 Å². The summed E-state index contributed by atoms with van der Waals surface area (Å²) in [6.45, 7) is 5.38. The van der Waals surface area contributed by atoms with Gasteiger partial charge in [0, 0.05) is 19.1 Å². The molecule has 1 fully saturated rings. The molecule has 15 heavy (non-hydrogen) atoms. The Bertz CT molecular complexity index is 217. The van der Waals surface area contributed by atoms with E-state index in [9.17, 15) is 4.79 Å². The molecule has 0 aromatic carbocycles. The number of hydrogen-bond acceptors (Lipinski definition) is 3. The summed E-state index contributed by atoms with van der Waals surface area (Å²) in [4.78, 5) is 15.7. The summed E-state index contributed by atoms with van der Waals surface area (Å²) < 4.78 is 5.19. The van der Waals surface area contributed by atoms with Crippen molar-refractivity contribution in [2.75, 3.05) is 27.2 Å². The van der Waals surface area contributed by atoms with Crippen LogP contribution >= 0.6 is 0 Å². The molecule has 4 heteroatoms. The number of amides is 1. The molecule has 1 rings (SSSR count). The van der Waals surface area contributed by atoms with Crippen molar-refractivity contribution < 1.29 is 9.53 Å². The van der Waals surface area contributed by atoms with Gasteiger partial charge in [-0.25, -0.2) is 4.79 Å². The van der Waals surface area contributed by atoms with E-state index in [0.717, 1.165) is 19.5 Å². The number of hydrogen-bond donors (Lipinski definition) is 0. The van der Waals surface area contributed by atoms with Gasteiger partial charge in [0.2, 0.25) is 0 Å². The standard InChI is InChI=1S/C11H22N2O2/c1-9(2)15-11(14)13-7-5-6-10(8-13)12(3)4/h9-10H,5-8H2,1-4H3. The lowest BCUT2D eigenvalue weighted by atomic mass is 10.1. The lowest BCUT2D eigenvalue weighted by molar-refractivity contribution is 0.0568. The first-order valence-corrected chi connectivity index (χ1v) is 5.62. The Labute approximate surface area is 92.2 Å². The van der Waals surface area contributed by atoms with Crippen LogP contribution in [0.25, 0.3) is 0 Å². The maximum Gasteiger partial charge on any atom is 0.410 e. The van der Waals surface area contributed by atoms with E-state index in [-0.39, 0.29) is 12.2 Å². The van der Waals surface area contributed by atoms with E-state index in [2.05, 4.69) is 19.0 Å². The lowest BCUT2D eigenvalue weighted by Gasteiger charge is -2.35. The van der Waals surface area contributed by atoms with Gasteiger partial charge in [-0.05, 0) is 40.8 Å². The van der Waals surface area contributed by atoms with Crippen LogP contribution in [0.3, 0.4) is 0 Å². The number of piperidine rings is 1. The molecule has 1 saturated heterocycles. The molecule has 0 bridgehead atoms. The monoisotopic (exact) mass is 214 g/mol. The van der Waals surface area contributed by atoms with Crippen molar-refractivity contribution in [1.82, 2.24) is 9.80 Å². The highest BCUT2D eigenvalue weighted by Crippen LogP contribution is 2.14. The average molecular weight is 214 g/mol. The first-order valence-electron chi connectivity index (χ1n) is 5.62. The van der Waals surface area contributed by atoms with Gasteiger partial charge in [0.25, 0.3) is 0 Å². The maximum atomic E-state index is 11.7. The second-order valence-corrected chi connectivity index (χ2v) is 4.64. The van der Waals surface area contributed by atoms with E-state index < -0.39 is 0 Å². The van der Waals surface area contributed by atoms with Crippen LogP contribution in [-0.4, -0.2) is 55.2 Å². The second-order valence-electron chi connectivity index (χ2n) is 4.64. The minimum atomic E-state index is -0.170. The van der Waals surface area contributed by atoms with Gasteiger partial charge >= 0.3 is 6.09 Å². The largest absolute Gasteiger partial charge is 0.447 e. The van der Waals surface area contributed by atoms with Crippen molar-refractivity contribution in [2.24, 2.45) is 0 Å². The topological polar surface area (TPSA) is 32.8 Å². The predicted molar refractivity (Wildman–Crippen MR) is 59.9 cm³/mol. The fourth-order valence-electron chi connectivity index (χ4n) is 1.82. The van der Waals surface area contributed by atoms with E-state index in [0.29, 0.717) is 6.04 Å². The van der Waals surface area contributed by atoms with E-state index in [1.165, 1.54) is 6.42 Å². The number of rotatable bonds is 2. The van der Waals surface area contributed by atoms with E-state index in [4.69, 9.17) is 4.74 Å². The smallest absolute Gasteiger partial charge is 0.410 e. The Morgan fingerprint density at radius 3 is 2.67 bits per heavy atom. The zero-order chi connectivity index (χ0) is 11.4. The highest BCUT2D eigenvalue weighted by atomic mass is 16.6. The third-order valence-electron chi connectivity index (χ3n) is 2.72. The molecule has 1 amide bonds. The molecule has 0 aliphatic carbocycles. The molecule has 1 atom stereocenters. The fourth-order valence-corrected chi connectivity index (χ4v) is 1.82. The van der Waals surface area contributed by atoms with Gasteiger partial charge in [0.1, 0.15) is 0 Å². The van der Waals surface area contributed by atoms with Crippen LogP contribution in [-0.2, 0) is 4.74 Å². The molecule has 0 saturated carbocycles. The quantitative estimate of drug-likeness (QED) is 0.699. The number of ether oxygens (including phenoxy) is 1. The van der Waals surface area contributed by atoms with Crippen LogP contribution in [0, 0.1) is 0 Å². The van der Waals surface area contributed by atoms with Gasteiger partial charge in [-0.15, -0.1) is 0 Å². The third kappa shape index (κ3) is 3.70. The Morgan fingerprint density at radius 1 is 1.47 bits per heavy atom. The number of likely N-dealkylation sites (N-methyl/N-ethyl adjacent to an activating group) is 1. The molecule has 0 aromatic rings. The average Bonchev–Trinajstić information content (AvgIpc) is 2.17. The van der Waals surface area contributed by atoms with Crippen LogP contribution in [0.5, 0.6) is 0 Å². The van der Waals surface area contributed by atoms with Crippen molar-refractivity contribution >= 4 is 6.09 Å². The Morgan fingerprint density at radius 2 is 2.13 bits per heavy atom. The summed E-state index contributed by atoms with van der Waals surface area (Å²) in [5.74, 6) is 0. The molecule has 0 N–H and O–H groups in total. The summed E-state index contributed by atoms with van der Waals surface area (Å²) in [7, 11) is 4.11. The predicted octanol–water partition coefficient (Wildman–Crippen LogP) is 1.56. The van der Waals surface area contributed by atoms with Crippen molar-refractivity contribution in [3.05, 3.63) is 0 Å². The Hall–Kier alpha value is -0.770. The van der Waals surface area contributed by atoms with Crippen LogP contribution < -0.4 is 0 Å². The molecule has 88 valence electrons. The highest BCUT2D eigenvalue weighted by molar-refractivity contribution is 5.67. The molecule has 1 aliphatic heterocycles. The number of likely N-dealkylation sites (tertiary alicyclic amines) is 1. The first-order chi connectivity index (χ1) is 7.00. The number of nitrogens with zero attached hydrogens (tertiary/aromatic N) is 2.